The van der Waals surface area contributed by atoms with Crippen molar-refractivity contribution in [2.24, 2.45) is 0 Å². The van der Waals surface area contributed by atoms with Crippen molar-refractivity contribution >= 4 is 55.7 Å². The second-order valence-electron chi connectivity index (χ2n) is 8.01. The Hall–Kier alpha value is -3.76. The van der Waals surface area contributed by atoms with Gasteiger partial charge in [-0.3, -0.25) is 14.9 Å². The van der Waals surface area contributed by atoms with Crippen LogP contribution in [0.2, 0.25) is 0 Å². The van der Waals surface area contributed by atoms with Crippen molar-refractivity contribution in [2.75, 3.05) is 4.90 Å². The summed E-state index contributed by atoms with van der Waals surface area (Å²) in [4.78, 5) is 39.2. The molecule has 0 atom stereocenters. The van der Waals surface area contributed by atoms with Gasteiger partial charge in [0.15, 0.2) is 0 Å². The van der Waals surface area contributed by atoms with Crippen LogP contribution in [0.15, 0.2) is 81.7 Å². The van der Waals surface area contributed by atoms with E-state index in [9.17, 15) is 22.8 Å². The monoisotopic (exact) mass is 568 g/mol. The number of aryl methyl sites for hydroxylation is 2. The van der Waals surface area contributed by atoms with Crippen LogP contribution in [0.25, 0.3) is 6.08 Å². The molecule has 4 amide bonds. The van der Waals surface area contributed by atoms with E-state index in [2.05, 4.69) is 21.2 Å². The number of anilines is 1. The van der Waals surface area contributed by atoms with Gasteiger partial charge in [0, 0.05) is 10.0 Å². The molecule has 1 aliphatic rings. The van der Waals surface area contributed by atoms with E-state index >= 15 is 0 Å². The highest BCUT2D eigenvalue weighted by molar-refractivity contribution is 9.10. The van der Waals surface area contributed by atoms with Crippen molar-refractivity contribution in [3.05, 3.63) is 93.5 Å². The lowest BCUT2D eigenvalue weighted by Gasteiger charge is -2.26. The first-order chi connectivity index (χ1) is 17.1. The zero-order chi connectivity index (χ0) is 26.0. The third kappa shape index (κ3) is 5.24. The first kappa shape index (κ1) is 25.3. The van der Waals surface area contributed by atoms with Crippen molar-refractivity contribution in [2.45, 2.75) is 25.2 Å². The fourth-order valence-corrected chi connectivity index (χ4v) is 4.84. The number of nitrogens with one attached hydrogen (secondary N) is 1. The second kappa shape index (κ2) is 10.1. The van der Waals surface area contributed by atoms with Gasteiger partial charge >= 0.3 is 16.1 Å². The van der Waals surface area contributed by atoms with Gasteiger partial charge in [0.1, 0.15) is 16.2 Å². The fourth-order valence-electron chi connectivity index (χ4n) is 3.51. The van der Waals surface area contributed by atoms with Crippen LogP contribution in [-0.2, 0) is 26.1 Å². The summed E-state index contributed by atoms with van der Waals surface area (Å²) >= 11 is 3.31. The number of rotatable bonds is 6. The largest absolute Gasteiger partial charge is 0.378 e. The molecule has 184 valence electrons. The quantitative estimate of drug-likeness (QED) is 0.261. The summed E-state index contributed by atoms with van der Waals surface area (Å²) < 4.78 is 31.6. The highest BCUT2D eigenvalue weighted by Gasteiger charge is 2.37. The van der Waals surface area contributed by atoms with Crippen LogP contribution < -0.4 is 14.4 Å². The molecule has 0 saturated carbocycles. The van der Waals surface area contributed by atoms with Gasteiger partial charge in [0.05, 0.1) is 5.69 Å². The third-order valence-electron chi connectivity index (χ3n) is 5.49. The summed E-state index contributed by atoms with van der Waals surface area (Å²) in [6.07, 6.45) is 1.98. The predicted octanol–water partition coefficient (Wildman–Crippen LogP) is 4.75. The minimum absolute atomic E-state index is 0.0478. The lowest BCUT2D eigenvalue weighted by atomic mass is 10.1. The van der Waals surface area contributed by atoms with Crippen LogP contribution in [0.5, 0.6) is 5.75 Å². The SMILES string of the molecule is CCc1ccc(N2C(=O)NC(=O)/C(=C\c3cc(Br)ccc3OS(=O)(=O)c3ccc(C)cc3)C2=O)cc1. The Morgan fingerprint density at radius 3 is 2.28 bits per heavy atom. The molecule has 0 aromatic heterocycles. The molecule has 0 spiro atoms. The lowest BCUT2D eigenvalue weighted by Crippen LogP contribution is -2.54. The molecular formula is C26H21BrN2O6S. The zero-order valence-electron chi connectivity index (χ0n) is 19.3. The van der Waals surface area contributed by atoms with Gasteiger partial charge in [0.2, 0.25) is 0 Å². The summed E-state index contributed by atoms with van der Waals surface area (Å²) in [5.41, 5.74) is 1.98. The van der Waals surface area contributed by atoms with Crippen LogP contribution in [0.1, 0.15) is 23.6 Å². The van der Waals surface area contributed by atoms with Crippen LogP contribution in [-0.4, -0.2) is 26.3 Å². The van der Waals surface area contributed by atoms with Gasteiger partial charge < -0.3 is 4.18 Å². The number of hydrogen-bond acceptors (Lipinski definition) is 6. The Morgan fingerprint density at radius 2 is 1.64 bits per heavy atom. The van der Waals surface area contributed by atoms with E-state index in [4.69, 9.17) is 4.18 Å². The van der Waals surface area contributed by atoms with E-state index < -0.39 is 28.0 Å². The van der Waals surface area contributed by atoms with Crippen LogP contribution in [0.4, 0.5) is 10.5 Å². The lowest BCUT2D eigenvalue weighted by molar-refractivity contribution is -0.122. The number of carbonyl (C=O) groups is 3. The topological polar surface area (TPSA) is 110 Å². The molecule has 1 N–H and O–H groups in total. The van der Waals surface area contributed by atoms with Gasteiger partial charge in [-0.05, 0) is 67.4 Å². The Kier molecular flexibility index (Phi) is 7.09. The molecule has 8 nitrogen and oxygen atoms in total. The molecule has 3 aromatic rings. The number of halogens is 1. The fraction of sp³-hybridized carbons (Fsp3) is 0.115. The standard InChI is InChI=1S/C26H21BrN2O6S/c1-3-17-6-9-20(10-7-17)29-25(31)22(24(30)28-26(29)32)15-18-14-19(27)8-13-23(18)35-36(33,34)21-11-4-16(2)5-12-21/h4-15H,3H2,1-2H3,(H,28,30,32)/b22-15+. The average Bonchev–Trinajstić information content (AvgIpc) is 2.84. The molecule has 1 saturated heterocycles. The van der Waals surface area contributed by atoms with Crippen LogP contribution in [0.3, 0.4) is 0 Å². The second-order valence-corrected chi connectivity index (χ2v) is 10.5. The van der Waals surface area contributed by atoms with E-state index in [-0.39, 0.29) is 21.8 Å². The van der Waals surface area contributed by atoms with Crippen molar-refractivity contribution in [1.29, 1.82) is 0 Å². The van der Waals surface area contributed by atoms with E-state index in [0.717, 1.165) is 22.4 Å². The maximum Gasteiger partial charge on any atom is 0.339 e. The molecule has 1 aliphatic heterocycles. The minimum Gasteiger partial charge on any atom is -0.378 e. The maximum atomic E-state index is 13.2. The predicted molar refractivity (Wildman–Crippen MR) is 138 cm³/mol. The van der Waals surface area contributed by atoms with Gasteiger partial charge in [-0.25, -0.2) is 9.69 Å². The number of urea groups is 1. The van der Waals surface area contributed by atoms with E-state index in [1.165, 1.54) is 30.3 Å². The number of hydrogen-bond donors (Lipinski definition) is 1. The summed E-state index contributed by atoms with van der Waals surface area (Å²) in [5.74, 6) is -1.85. The van der Waals surface area contributed by atoms with E-state index in [1.54, 1.807) is 42.5 Å². The Bertz CT molecular complexity index is 1500. The van der Waals surface area contributed by atoms with Crippen molar-refractivity contribution in [3.63, 3.8) is 0 Å². The van der Waals surface area contributed by atoms with Crippen molar-refractivity contribution < 1.29 is 27.0 Å². The first-order valence-electron chi connectivity index (χ1n) is 10.9. The van der Waals surface area contributed by atoms with Crippen LogP contribution in [0, 0.1) is 6.92 Å². The summed E-state index contributed by atoms with van der Waals surface area (Å²) in [5, 5.41) is 2.16. The molecule has 0 unspecified atom stereocenters. The summed E-state index contributed by atoms with van der Waals surface area (Å²) in [6.45, 7) is 3.80. The highest BCUT2D eigenvalue weighted by atomic mass is 79.9. The number of benzene rings is 3. The molecule has 3 aromatic carbocycles. The maximum absolute atomic E-state index is 13.2. The third-order valence-corrected chi connectivity index (χ3v) is 7.23. The number of imide groups is 2. The molecule has 36 heavy (non-hydrogen) atoms. The van der Waals surface area contributed by atoms with Crippen LogP contribution >= 0.6 is 15.9 Å². The molecule has 0 radical (unpaired) electrons. The number of nitrogens with zero attached hydrogens (tertiary/aromatic N) is 1. The first-order valence-corrected chi connectivity index (χ1v) is 13.1. The van der Waals surface area contributed by atoms with Gasteiger partial charge in [-0.2, -0.15) is 8.42 Å². The molecule has 0 bridgehead atoms. The molecule has 10 heteroatoms. The smallest absolute Gasteiger partial charge is 0.339 e. The molecule has 4 rings (SSSR count). The summed E-state index contributed by atoms with van der Waals surface area (Å²) in [6, 6.07) is 16.5. The van der Waals surface area contributed by atoms with Gasteiger partial charge in [0.25, 0.3) is 11.8 Å². The van der Waals surface area contributed by atoms with Crippen molar-refractivity contribution in [1.82, 2.24) is 5.32 Å². The number of amides is 4. The number of barbiturate groups is 1. The zero-order valence-corrected chi connectivity index (χ0v) is 21.7. The average molecular weight is 569 g/mol. The molecule has 0 aliphatic carbocycles. The normalized spacial score (nSPS) is 15.2. The number of carbonyl (C=O) groups excluding carboxylic acids is 3. The molecule has 1 fully saturated rings. The van der Waals surface area contributed by atoms with Gasteiger partial charge in [-0.1, -0.05) is 52.7 Å². The Morgan fingerprint density at radius 1 is 0.972 bits per heavy atom. The van der Waals surface area contributed by atoms with E-state index in [0.29, 0.717) is 10.2 Å². The van der Waals surface area contributed by atoms with Gasteiger partial charge in [-0.15, -0.1) is 0 Å². The molecular weight excluding hydrogens is 548 g/mol. The molecule has 1 heterocycles. The highest BCUT2D eigenvalue weighted by Crippen LogP contribution is 2.30. The van der Waals surface area contributed by atoms with Crippen molar-refractivity contribution in [3.8, 4) is 5.75 Å². The van der Waals surface area contributed by atoms with E-state index in [1.807, 2.05) is 13.8 Å². The Labute approximate surface area is 216 Å². The minimum atomic E-state index is -4.20. The summed E-state index contributed by atoms with van der Waals surface area (Å²) in [7, 11) is -4.20. The Balaban J connectivity index is 1.73.